The minimum atomic E-state index is -0.911. The number of hydrogen-bond acceptors (Lipinski definition) is 3. The van der Waals surface area contributed by atoms with Crippen LogP contribution in [0.2, 0.25) is 0 Å². The molecule has 0 aliphatic carbocycles. The molecular formula is C18H14F2N2O3. The van der Waals surface area contributed by atoms with Crippen LogP contribution in [-0.4, -0.2) is 20.6 Å². The van der Waals surface area contributed by atoms with E-state index in [4.69, 9.17) is 5.11 Å². The maximum atomic E-state index is 13.4. The molecule has 0 aliphatic heterocycles. The van der Waals surface area contributed by atoms with Gasteiger partial charge in [0.1, 0.15) is 18.0 Å². The second kappa shape index (κ2) is 6.80. The lowest BCUT2D eigenvalue weighted by atomic mass is 10.0. The van der Waals surface area contributed by atoms with E-state index in [1.165, 1.54) is 6.33 Å². The Morgan fingerprint density at radius 1 is 1.16 bits per heavy atom. The van der Waals surface area contributed by atoms with E-state index in [9.17, 15) is 18.4 Å². The third-order valence-corrected chi connectivity index (χ3v) is 3.84. The zero-order chi connectivity index (χ0) is 18.0. The molecule has 1 heterocycles. The molecule has 3 rings (SSSR count). The summed E-state index contributed by atoms with van der Waals surface area (Å²) < 4.78 is 28.0. The van der Waals surface area contributed by atoms with Crippen molar-refractivity contribution in [1.29, 1.82) is 0 Å². The van der Waals surface area contributed by atoms with Gasteiger partial charge in [-0.05, 0) is 36.6 Å². The summed E-state index contributed by atoms with van der Waals surface area (Å²) in [5.74, 6) is -2.50. The van der Waals surface area contributed by atoms with Crippen LogP contribution in [0.5, 0.6) is 0 Å². The summed E-state index contributed by atoms with van der Waals surface area (Å²) in [6.07, 6.45) is 1.97. The zero-order valence-electron chi connectivity index (χ0n) is 13.1. The van der Waals surface area contributed by atoms with E-state index in [1.807, 2.05) is 0 Å². The van der Waals surface area contributed by atoms with Gasteiger partial charge in [0.15, 0.2) is 0 Å². The number of fused-ring (bicyclic) bond motifs is 1. The fourth-order valence-electron chi connectivity index (χ4n) is 2.73. The molecule has 0 amide bonds. The molecule has 0 radical (unpaired) electrons. The van der Waals surface area contributed by atoms with Gasteiger partial charge in [0.25, 0.3) is 5.56 Å². The van der Waals surface area contributed by atoms with Gasteiger partial charge in [0, 0.05) is 12.5 Å². The van der Waals surface area contributed by atoms with Crippen LogP contribution in [-0.2, 0) is 11.2 Å². The van der Waals surface area contributed by atoms with Crippen molar-refractivity contribution >= 4 is 16.9 Å². The molecule has 25 heavy (non-hydrogen) atoms. The summed E-state index contributed by atoms with van der Waals surface area (Å²) >= 11 is 0. The van der Waals surface area contributed by atoms with Gasteiger partial charge >= 0.3 is 5.97 Å². The Balaban J connectivity index is 2.12. The fraction of sp³-hybridized carbons (Fsp3) is 0.167. The number of benzene rings is 2. The molecule has 0 atom stereocenters. The van der Waals surface area contributed by atoms with Crippen molar-refractivity contribution < 1.29 is 18.7 Å². The van der Waals surface area contributed by atoms with Crippen molar-refractivity contribution in [2.45, 2.75) is 19.3 Å². The van der Waals surface area contributed by atoms with Crippen molar-refractivity contribution in [3.8, 4) is 5.69 Å². The van der Waals surface area contributed by atoms with Gasteiger partial charge in [-0.15, -0.1) is 0 Å². The SMILES string of the molecule is O=C(O)CCCc1cccc2ncn(-c3cc(F)cc(F)c3)c(=O)c12. The minimum absolute atomic E-state index is 0.0139. The van der Waals surface area contributed by atoms with E-state index in [0.29, 0.717) is 29.3 Å². The van der Waals surface area contributed by atoms with Crippen molar-refractivity contribution in [2.75, 3.05) is 0 Å². The van der Waals surface area contributed by atoms with Crippen molar-refractivity contribution in [3.63, 3.8) is 0 Å². The summed E-state index contributed by atoms with van der Waals surface area (Å²) in [5, 5.41) is 9.07. The first kappa shape index (κ1) is 16.8. The number of hydrogen-bond donors (Lipinski definition) is 1. The molecule has 0 aliphatic rings. The molecule has 0 saturated heterocycles. The van der Waals surface area contributed by atoms with Gasteiger partial charge < -0.3 is 5.11 Å². The summed E-state index contributed by atoms with van der Waals surface area (Å²) in [4.78, 5) is 27.7. The number of carboxylic acids is 1. The monoisotopic (exact) mass is 344 g/mol. The number of carbonyl (C=O) groups is 1. The molecule has 0 fully saturated rings. The topological polar surface area (TPSA) is 72.2 Å². The standard InChI is InChI=1S/C18H14F2N2O3/c19-12-7-13(20)9-14(8-12)22-10-21-15-5-1-3-11(17(15)18(22)25)4-2-6-16(23)24/h1,3,5,7-10H,2,4,6H2,(H,23,24). The quantitative estimate of drug-likeness (QED) is 0.772. The van der Waals surface area contributed by atoms with E-state index in [0.717, 1.165) is 22.8 Å². The first-order valence-electron chi connectivity index (χ1n) is 7.63. The van der Waals surface area contributed by atoms with Crippen LogP contribution in [0.25, 0.3) is 16.6 Å². The first-order chi connectivity index (χ1) is 12.0. The lowest BCUT2D eigenvalue weighted by molar-refractivity contribution is -0.137. The number of nitrogens with zero attached hydrogens (tertiary/aromatic N) is 2. The van der Waals surface area contributed by atoms with E-state index >= 15 is 0 Å². The minimum Gasteiger partial charge on any atom is -0.481 e. The smallest absolute Gasteiger partial charge is 0.303 e. The number of rotatable bonds is 5. The Kier molecular flexibility index (Phi) is 4.56. The van der Waals surface area contributed by atoms with Gasteiger partial charge in [0.05, 0.1) is 16.6 Å². The maximum Gasteiger partial charge on any atom is 0.303 e. The predicted molar refractivity (Wildman–Crippen MR) is 87.8 cm³/mol. The summed E-state index contributed by atoms with van der Waals surface area (Å²) in [5.41, 5.74) is 0.687. The van der Waals surface area contributed by atoms with Gasteiger partial charge in [-0.1, -0.05) is 12.1 Å². The van der Waals surface area contributed by atoms with Gasteiger partial charge in [-0.3, -0.25) is 14.2 Å². The van der Waals surface area contributed by atoms with Crippen LogP contribution < -0.4 is 5.56 Å². The lowest BCUT2D eigenvalue weighted by Crippen LogP contribution is -2.20. The molecule has 128 valence electrons. The Bertz CT molecular complexity index is 995. The number of aryl methyl sites for hydroxylation is 1. The van der Waals surface area contributed by atoms with Gasteiger partial charge in [0.2, 0.25) is 0 Å². The average molecular weight is 344 g/mol. The molecule has 0 saturated carbocycles. The molecule has 7 heteroatoms. The summed E-state index contributed by atoms with van der Waals surface area (Å²) in [7, 11) is 0. The Hall–Kier alpha value is -3.09. The van der Waals surface area contributed by atoms with Crippen LogP contribution >= 0.6 is 0 Å². The second-order valence-corrected chi connectivity index (χ2v) is 5.61. The largest absolute Gasteiger partial charge is 0.481 e. The van der Waals surface area contributed by atoms with Crippen LogP contribution in [0.3, 0.4) is 0 Å². The highest BCUT2D eigenvalue weighted by molar-refractivity contribution is 5.81. The van der Waals surface area contributed by atoms with E-state index in [2.05, 4.69) is 4.98 Å². The Morgan fingerprint density at radius 3 is 2.56 bits per heavy atom. The summed E-state index contributed by atoms with van der Waals surface area (Å²) in [6, 6.07) is 7.94. The van der Waals surface area contributed by atoms with Crippen LogP contribution in [0.15, 0.2) is 47.5 Å². The van der Waals surface area contributed by atoms with E-state index in [1.54, 1.807) is 18.2 Å². The van der Waals surface area contributed by atoms with Crippen LogP contribution in [0.1, 0.15) is 18.4 Å². The average Bonchev–Trinajstić information content (AvgIpc) is 2.54. The van der Waals surface area contributed by atoms with Crippen molar-refractivity contribution in [2.24, 2.45) is 0 Å². The van der Waals surface area contributed by atoms with Crippen LogP contribution in [0.4, 0.5) is 8.78 Å². The number of aliphatic carboxylic acids is 1. The van der Waals surface area contributed by atoms with Crippen molar-refractivity contribution in [1.82, 2.24) is 9.55 Å². The molecule has 3 aromatic rings. The molecule has 0 spiro atoms. The second-order valence-electron chi connectivity index (χ2n) is 5.61. The summed E-state index contributed by atoms with van der Waals surface area (Å²) in [6.45, 7) is 0. The molecular weight excluding hydrogens is 330 g/mol. The Morgan fingerprint density at radius 2 is 1.88 bits per heavy atom. The fourth-order valence-corrected chi connectivity index (χ4v) is 2.73. The molecule has 1 N–H and O–H groups in total. The van der Waals surface area contributed by atoms with Gasteiger partial charge in [-0.25, -0.2) is 13.8 Å². The normalized spacial score (nSPS) is 11.0. The molecule has 5 nitrogen and oxygen atoms in total. The number of carboxylic acid groups (broad SMARTS) is 1. The molecule has 1 aromatic heterocycles. The molecule has 2 aromatic carbocycles. The van der Waals surface area contributed by atoms with Crippen molar-refractivity contribution in [3.05, 3.63) is 70.3 Å². The van der Waals surface area contributed by atoms with Gasteiger partial charge in [-0.2, -0.15) is 0 Å². The third kappa shape index (κ3) is 3.55. The number of aromatic nitrogens is 2. The third-order valence-electron chi connectivity index (χ3n) is 3.84. The highest BCUT2D eigenvalue weighted by Gasteiger charge is 2.12. The Labute approximate surface area is 141 Å². The molecule has 0 bridgehead atoms. The van der Waals surface area contributed by atoms with Crippen LogP contribution in [0, 0.1) is 11.6 Å². The first-order valence-corrected chi connectivity index (χ1v) is 7.63. The molecule has 0 unspecified atom stereocenters. The maximum absolute atomic E-state index is 13.4. The highest BCUT2D eigenvalue weighted by atomic mass is 19.1. The lowest BCUT2D eigenvalue weighted by Gasteiger charge is -2.10. The van der Waals surface area contributed by atoms with E-state index < -0.39 is 23.2 Å². The zero-order valence-corrected chi connectivity index (χ0v) is 13.1. The highest BCUT2D eigenvalue weighted by Crippen LogP contribution is 2.17. The van der Waals surface area contributed by atoms with E-state index in [-0.39, 0.29) is 12.1 Å². The predicted octanol–water partition coefficient (Wildman–Crippen LogP) is 3.07. The number of halogens is 2.